The van der Waals surface area contributed by atoms with Crippen LogP contribution in [0.1, 0.15) is 69.6 Å². The molecule has 3 rings (SSSR count). The number of aryl methyl sites for hydroxylation is 2. The molecule has 0 spiro atoms. The van der Waals surface area contributed by atoms with Crippen molar-refractivity contribution in [2.24, 2.45) is 5.41 Å². The Morgan fingerprint density at radius 3 is 2.36 bits per heavy atom. The molecule has 2 heteroatoms. The standard InChI is InChI=1S/C26H36O2/c1-4-16-26(17-15-22-9-7-8-10-23(22)19-26)20-25(27-18-5-2)28-24-13-11-21(6-3)12-14-24/h7-14,25H,4-6,15-20H2,1-3H3. The second-order valence-corrected chi connectivity index (χ2v) is 8.32. The summed E-state index contributed by atoms with van der Waals surface area (Å²) in [6, 6.07) is 17.4. The fraction of sp³-hybridized carbons (Fsp3) is 0.538. The highest BCUT2D eigenvalue weighted by atomic mass is 16.7. The van der Waals surface area contributed by atoms with Crippen molar-refractivity contribution in [3.63, 3.8) is 0 Å². The van der Waals surface area contributed by atoms with Gasteiger partial charge in [-0.25, -0.2) is 0 Å². The van der Waals surface area contributed by atoms with Crippen LogP contribution in [0.25, 0.3) is 0 Å². The lowest BCUT2D eigenvalue weighted by Crippen LogP contribution is -2.36. The summed E-state index contributed by atoms with van der Waals surface area (Å²) in [5, 5.41) is 0. The smallest absolute Gasteiger partial charge is 0.200 e. The molecule has 28 heavy (non-hydrogen) atoms. The Morgan fingerprint density at radius 2 is 1.68 bits per heavy atom. The van der Waals surface area contributed by atoms with Crippen LogP contribution in [0.5, 0.6) is 5.75 Å². The van der Waals surface area contributed by atoms with Crippen LogP contribution in [0.15, 0.2) is 48.5 Å². The van der Waals surface area contributed by atoms with Gasteiger partial charge in [0.1, 0.15) is 5.75 Å². The van der Waals surface area contributed by atoms with Crippen LogP contribution in [0.3, 0.4) is 0 Å². The van der Waals surface area contributed by atoms with E-state index in [-0.39, 0.29) is 11.7 Å². The SMILES string of the molecule is CCCOC(CC1(CCC)CCc2ccccc2C1)Oc1ccc(CC)cc1. The maximum atomic E-state index is 6.36. The quantitative estimate of drug-likeness (QED) is 0.425. The molecule has 2 aromatic carbocycles. The van der Waals surface area contributed by atoms with E-state index in [1.54, 1.807) is 0 Å². The number of hydrogen-bond acceptors (Lipinski definition) is 2. The van der Waals surface area contributed by atoms with Gasteiger partial charge in [0.15, 0.2) is 6.29 Å². The maximum Gasteiger partial charge on any atom is 0.200 e. The molecular formula is C26H36O2. The Labute approximate surface area is 171 Å². The number of rotatable bonds is 10. The molecule has 2 atom stereocenters. The Morgan fingerprint density at radius 1 is 0.929 bits per heavy atom. The summed E-state index contributed by atoms with van der Waals surface area (Å²) in [7, 11) is 0. The fourth-order valence-electron chi connectivity index (χ4n) is 4.58. The Hall–Kier alpha value is -1.80. The summed E-state index contributed by atoms with van der Waals surface area (Å²) in [4.78, 5) is 0. The second-order valence-electron chi connectivity index (χ2n) is 8.32. The van der Waals surface area contributed by atoms with Crippen LogP contribution >= 0.6 is 0 Å². The van der Waals surface area contributed by atoms with Gasteiger partial charge >= 0.3 is 0 Å². The van der Waals surface area contributed by atoms with Crippen LogP contribution in [0.2, 0.25) is 0 Å². The molecular weight excluding hydrogens is 344 g/mol. The molecule has 0 amide bonds. The monoisotopic (exact) mass is 380 g/mol. The van der Waals surface area contributed by atoms with Crippen LogP contribution in [-0.4, -0.2) is 12.9 Å². The van der Waals surface area contributed by atoms with Gasteiger partial charge in [0.05, 0.1) is 6.61 Å². The van der Waals surface area contributed by atoms with Crippen molar-refractivity contribution in [2.45, 2.75) is 78.4 Å². The van der Waals surface area contributed by atoms with E-state index in [2.05, 4.69) is 69.3 Å². The summed E-state index contributed by atoms with van der Waals surface area (Å²) in [6.07, 6.45) is 8.81. The van der Waals surface area contributed by atoms with Crippen molar-refractivity contribution < 1.29 is 9.47 Å². The molecule has 0 N–H and O–H groups in total. The Kier molecular flexibility index (Phi) is 7.56. The molecule has 1 aliphatic carbocycles. The van der Waals surface area contributed by atoms with E-state index in [0.29, 0.717) is 0 Å². The number of ether oxygens (including phenoxy) is 2. The van der Waals surface area contributed by atoms with Gasteiger partial charge in [-0.15, -0.1) is 0 Å². The van der Waals surface area contributed by atoms with Crippen LogP contribution in [0, 0.1) is 5.41 Å². The van der Waals surface area contributed by atoms with Crippen LogP contribution < -0.4 is 4.74 Å². The van der Waals surface area contributed by atoms with E-state index >= 15 is 0 Å². The number of hydrogen-bond donors (Lipinski definition) is 0. The maximum absolute atomic E-state index is 6.36. The summed E-state index contributed by atoms with van der Waals surface area (Å²) < 4.78 is 12.5. The van der Waals surface area contributed by atoms with E-state index in [1.807, 2.05) is 0 Å². The molecule has 1 aliphatic rings. The lowest BCUT2D eigenvalue weighted by molar-refractivity contribution is -0.108. The zero-order valence-electron chi connectivity index (χ0n) is 17.9. The highest BCUT2D eigenvalue weighted by molar-refractivity contribution is 5.31. The molecule has 2 aromatic rings. The Balaban J connectivity index is 1.76. The lowest BCUT2D eigenvalue weighted by atomic mass is 9.67. The van der Waals surface area contributed by atoms with E-state index < -0.39 is 0 Å². The van der Waals surface area contributed by atoms with Gasteiger partial charge in [-0.3, -0.25) is 0 Å². The Bertz CT molecular complexity index is 721. The minimum atomic E-state index is -0.177. The molecule has 0 aromatic heterocycles. The summed E-state index contributed by atoms with van der Waals surface area (Å²) in [6.45, 7) is 7.38. The molecule has 2 unspecified atom stereocenters. The minimum Gasteiger partial charge on any atom is -0.465 e. The summed E-state index contributed by atoms with van der Waals surface area (Å²) in [5.74, 6) is 0.918. The first-order chi connectivity index (χ1) is 13.7. The van der Waals surface area contributed by atoms with Crippen molar-refractivity contribution in [1.82, 2.24) is 0 Å². The molecule has 0 saturated heterocycles. The topological polar surface area (TPSA) is 18.5 Å². The highest BCUT2D eigenvalue weighted by Gasteiger charge is 2.36. The predicted molar refractivity (Wildman–Crippen MR) is 117 cm³/mol. The third kappa shape index (κ3) is 5.38. The van der Waals surface area contributed by atoms with E-state index in [1.165, 1.54) is 42.4 Å². The highest BCUT2D eigenvalue weighted by Crippen LogP contribution is 2.43. The average Bonchev–Trinajstić information content (AvgIpc) is 2.72. The van der Waals surface area contributed by atoms with Gasteiger partial charge in [0.2, 0.25) is 0 Å². The average molecular weight is 381 g/mol. The van der Waals surface area contributed by atoms with Gasteiger partial charge in [-0.1, -0.05) is 63.6 Å². The molecule has 0 fully saturated rings. The molecule has 0 bridgehead atoms. The van der Waals surface area contributed by atoms with Gasteiger partial charge in [-0.2, -0.15) is 0 Å². The molecule has 0 saturated carbocycles. The fourth-order valence-corrected chi connectivity index (χ4v) is 4.58. The largest absolute Gasteiger partial charge is 0.465 e. The lowest BCUT2D eigenvalue weighted by Gasteiger charge is -2.40. The summed E-state index contributed by atoms with van der Waals surface area (Å²) >= 11 is 0. The molecule has 0 aliphatic heterocycles. The third-order valence-corrected chi connectivity index (χ3v) is 6.10. The first-order valence-electron chi connectivity index (χ1n) is 11.1. The van der Waals surface area contributed by atoms with Crippen LogP contribution in [0.4, 0.5) is 0 Å². The molecule has 0 heterocycles. The first-order valence-corrected chi connectivity index (χ1v) is 11.1. The van der Waals surface area contributed by atoms with Crippen molar-refractivity contribution >= 4 is 0 Å². The van der Waals surface area contributed by atoms with Crippen molar-refractivity contribution in [3.8, 4) is 5.75 Å². The molecule has 152 valence electrons. The number of benzene rings is 2. The minimum absolute atomic E-state index is 0.177. The summed E-state index contributed by atoms with van der Waals surface area (Å²) in [5.41, 5.74) is 4.65. The van der Waals surface area contributed by atoms with Crippen molar-refractivity contribution in [1.29, 1.82) is 0 Å². The number of fused-ring (bicyclic) bond motifs is 1. The second kappa shape index (κ2) is 10.1. The normalized spacial score (nSPS) is 19.8. The van der Waals surface area contributed by atoms with Crippen molar-refractivity contribution in [3.05, 3.63) is 65.2 Å². The van der Waals surface area contributed by atoms with Gasteiger partial charge in [0.25, 0.3) is 0 Å². The first kappa shape index (κ1) is 20.9. The van der Waals surface area contributed by atoms with Gasteiger partial charge in [0, 0.05) is 6.42 Å². The van der Waals surface area contributed by atoms with Gasteiger partial charge in [-0.05, 0) is 72.8 Å². The van der Waals surface area contributed by atoms with Crippen LogP contribution in [-0.2, 0) is 24.0 Å². The van der Waals surface area contributed by atoms with E-state index in [0.717, 1.165) is 38.0 Å². The zero-order chi connectivity index (χ0) is 19.8. The molecule has 2 nitrogen and oxygen atoms in total. The van der Waals surface area contributed by atoms with E-state index in [4.69, 9.17) is 9.47 Å². The van der Waals surface area contributed by atoms with Gasteiger partial charge < -0.3 is 9.47 Å². The third-order valence-electron chi connectivity index (χ3n) is 6.10. The predicted octanol–water partition coefficient (Wildman–Crippen LogP) is 6.75. The van der Waals surface area contributed by atoms with E-state index in [9.17, 15) is 0 Å². The van der Waals surface area contributed by atoms with Crippen molar-refractivity contribution in [2.75, 3.05) is 6.61 Å². The molecule has 0 radical (unpaired) electrons. The zero-order valence-corrected chi connectivity index (χ0v) is 17.9.